The van der Waals surface area contributed by atoms with Crippen LogP contribution in [0.5, 0.6) is 11.5 Å². The van der Waals surface area contributed by atoms with E-state index in [2.05, 4.69) is 5.32 Å². The predicted octanol–water partition coefficient (Wildman–Crippen LogP) is 4.41. The summed E-state index contributed by atoms with van der Waals surface area (Å²) in [5.74, 6) is 1.23. The monoisotopic (exact) mass is 339 g/mol. The average molecular weight is 339 g/mol. The van der Waals surface area contributed by atoms with Crippen LogP contribution in [0.1, 0.15) is 37.0 Å². The summed E-state index contributed by atoms with van der Waals surface area (Å²) in [5.41, 5.74) is -0.0488. The van der Waals surface area contributed by atoms with Crippen molar-refractivity contribution in [3.63, 3.8) is 0 Å². The maximum Gasteiger partial charge on any atom is 0.342 e. The molecule has 0 aromatic heterocycles. The van der Waals surface area contributed by atoms with Gasteiger partial charge in [-0.15, -0.1) is 0 Å². The van der Waals surface area contributed by atoms with Gasteiger partial charge in [0, 0.05) is 5.92 Å². The molecule has 4 nitrogen and oxygen atoms in total. The number of benzene rings is 2. The molecule has 3 rings (SSSR count). The van der Waals surface area contributed by atoms with Gasteiger partial charge in [0.15, 0.2) is 0 Å². The average Bonchev–Trinajstić information content (AvgIpc) is 2.63. The molecule has 1 N–H and O–H groups in total. The molecule has 4 heteroatoms. The summed E-state index contributed by atoms with van der Waals surface area (Å²) in [6.45, 7) is 5.95. The fourth-order valence-electron chi connectivity index (χ4n) is 3.23. The molecule has 1 aliphatic rings. The van der Waals surface area contributed by atoms with Crippen LogP contribution >= 0.6 is 0 Å². The normalized spacial score (nSPS) is 15.6. The molecule has 25 heavy (non-hydrogen) atoms. The number of para-hydroxylation sites is 2. The predicted molar refractivity (Wildman–Crippen MR) is 98.0 cm³/mol. The van der Waals surface area contributed by atoms with Crippen molar-refractivity contribution in [3.8, 4) is 11.5 Å². The molecule has 0 amide bonds. The molecule has 0 spiro atoms. The van der Waals surface area contributed by atoms with Gasteiger partial charge in [-0.3, -0.25) is 0 Å². The van der Waals surface area contributed by atoms with E-state index >= 15 is 0 Å². The zero-order valence-corrected chi connectivity index (χ0v) is 14.8. The van der Waals surface area contributed by atoms with E-state index < -0.39 is 5.60 Å². The van der Waals surface area contributed by atoms with Crippen LogP contribution < -0.4 is 10.1 Å². The Hall–Kier alpha value is -2.33. The third-order valence-electron chi connectivity index (χ3n) is 4.76. The molecule has 2 aromatic rings. The number of esters is 1. The Bertz CT molecular complexity index is 706. The third-order valence-corrected chi connectivity index (χ3v) is 4.76. The van der Waals surface area contributed by atoms with Crippen molar-refractivity contribution in [1.82, 2.24) is 5.32 Å². The van der Waals surface area contributed by atoms with Gasteiger partial charge in [-0.05, 0) is 64.0 Å². The van der Waals surface area contributed by atoms with E-state index in [9.17, 15) is 4.79 Å². The summed E-state index contributed by atoms with van der Waals surface area (Å²) in [6.07, 6.45) is 2.03. The molecular weight excluding hydrogens is 314 g/mol. The lowest BCUT2D eigenvalue weighted by Crippen LogP contribution is -2.42. The van der Waals surface area contributed by atoms with Crippen molar-refractivity contribution >= 4 is 5.97 Å². The molecule has 132 valence electrons. The first-order chi connectivity index (χ1) is 12.1. The largest absolute Gasteiger partial charge is 0.456 e. The highest BCUT2D eigenvalue weighted by atomic mass is 16.6. The van der Waals surface area contributed by atoms with Gasteiger partial charge in [0.1, 0.15) is 22.7 Å². The molecule has 0 unspecified atom stereocenters. The summed E-state index contributed by atoms with van der Waals surface area (Å²) in [4.78, 5) is 12.8. The van der Waals surface area contributed by atoms with E-state index in [0.717, 1.165) is 25.9 Å². The Morgan fingerprint density at radius 3 is 2.36 bits per heavy atom. The highest BCUT2D eigenvalue weighted by Gasteiger charge is 2.35. The van der Waals surface area contributed by atoms with E-state index in [1.54, 1.807) is 12.1 Å². The van der Waals surface area contributed by atoms with E-state index in [1.165, 1.54) is 0 Å². The third kappa shape index (κ3) is 4.40. The Morgan fingerprint density at radius 2 is 1.64 bits per heavy atom. The van der Waals surface area contributed by atoms with Crippen molar-refractivity contribution in [2.75, 3.05) is 13.1 Å². The zero-order chi connectivity index (χ0) is 17.7. The summed E-state index contributed by atoms with van der Waals surface area (Å²) >= 11 is 0. The van der Waals surface area contributed by atoms with Crippen LogP contribution in [-0.4, -0.2) is 24.7 Å². The second-order valence-corrected chi connectivity index (χ2v) is 6.93. The van der Waals surface area contributed by atoms with Gasteiger partial charge < -0.3 is 14.8 Å². The van der Waals surface area contributed by atoms with E-state index in [0.29, 0.717) is 23.0 Å². The maximum absolute atomic E-state index is 12.8. The van der Waals surface area contributed by atoms with E-state index in [-0.39, 0.29) is 5.97 Å². The maximum atomic E-state index is 12.8. The summed E-state index contributed by atoms with van der Waals surface area (Å²) < 4.78 is 11.8. The van der Waals surface area contributed by atoms with Crippen LogP contribution in [0.3, 0.4) is 0 Å². The van der Waals surface area contributed by atoms with Crippen LogP contribution in [-0.2, 0) is 4.74 Å². The fraction of sp³-hybridized carbons (Fsp3) is 0.381. The first-order valence-corrected chi connectivity index (χ1v) is 8.82. The Kier molecular flexibility index (Phi) is 5.39. The van der Waals surface area contributed by atoms with E-state index in [1.807, 2.05) is 56.3 Å². The molecule has 2 aromatic carbocycles. The van der Waals surface area contributed by atoms with Crippen molar-refractivity contribution in [1.29, 1.82) is 0 Å². The molecule has 0 saturated carbocycles. The van der Waals surface area contributed by atoms with Gasteiger partial charge in [-0.2, -0.15) is 0 Å². The topological polar surface area (TPSA) is 47.6 Å². The number of hydrogen-bond acceptors (Lipinski definition) is 4. The van der Waals surface area contributed by atoms with Gasteiger partial charge in [0.25, 0.3) is 0 Å². The number of rotatable bonds is 5. The first-order valence-electron chi connectivity index (χ1n) is 8.82. The van der Waals surface area contributed by atoms with Crippen molar-refractivity contribution in [3.05, 3.63) is 60.2 Å². The van der Waals surface area contributed by atoms with Crippen LogP contribution in [0.4, 0.5) is 0 Å². The van der Waals surface area contributed by atoms with Gasteiger partial charge >= 0.3 is 5.97 Å². The molecule has 0 aliphatic carbocycles. The SMILES string of the molecule is CC(C)(OC(=O)c1ccccc1Oc1ccccc1)C1CCNCC1. The number of carbonyl (C=O) groups excluding carboxylic acids is 1. The number of ether oxygens (including phenoxy) is 2. The minimum atomic E-state index is -0.501. The summed E-state index contributed by atoms with van der Waals surface area (Å²) in [7, 11) is 0. The molecule has 0 radical (unpaired) electrons. The highest BCUT2D eigenvalue weighted by Crippen LogP contribution is 2.32. The van der Waals surface area contributed by atoms with Crippen LogP contribution in [0.2, 0.25) is 0 Å². The Morgan fingerprint density at radius 1 is 1.00 bits per heavy atom. The van der Waals surface area contributed by atoms with Gasteiger partial charge in [-0.1, -0.05) is 30.3 Å². The minimum absolute atomic E-state index is 0.338. The van der Waals surface area contributed by atoms with Crippen molar-refractivity contribution in [2.45, 2.75) is 32.3 Å². The molecule has 1 saturated heterocycles. The number of piperidine rings is 1. The van der Waals surface area contributed by atoms with Gasteiger partial charge in [-0.25, -0.2) is 4.79 Å². The molecule has 0 bridgehead atoms. The quantitative estimate of drug-likeness (QED) is 0.820. The minimum Gasteiger partial charge on any atom is -0.456 e. The Balaban J connectivity index is 1.75. The molecule has 1 heterocycles. The molecular formula is C21H25NO3. The standard InChI is InChI=1S/C21H25NO3/c1-21(2,16-12-14-22-15-13-16)25-20(23)18-10-6-7-11-19(18)24-17-8-4-3-5-9-17/h3-11,16,22H,12-15H2,1-2H3. The van der Waals surface area contributed by atoms with Crippen molar-refractivity contribution < 1.29 is 14.3 Å². The molecule has 1 aliphatic heterocycles. The fourth-order valence-corrected chi connectivity index (χ4v) is 3.23. The van der Waals surface area contributed by atoms with Gasteiger partial charge in [0.2, 0.25) is 0 Å². The van der Waals surface area contributed by atoms with Crippen LogP contribution in [0.25, 0.3) is 0 Å². The molecule has 1 fully saturated rings. The number of carbonyl (C=O) groups is 1. The van der Waals surface area contributed by atoms with Crippen LogP contribution in [0, 0.1) is 5.92 Å². The second kappa shape index (κ2) is 7.70. The molecule has 0 atom stereocenters. The number of hydrogen-bond donors (Lipinski definition) is 1. The van der Waals surface area contributed by atoms with Crippen molar-refractivity contribution in [2.24, 2.45) is 5.92 Å². The van der Waals surface area contributed by atoms with Crippen LogP contribution in [0.15, 0.2) is 54.6 Å². The lowest BCUT2D eigenvalue weighted by Gasteiger charge is -2.36. The summed E-state index contributed by atoms with van der Waals surface area (Å²) in [5, 5.41) is 3.35. The lowest BCUT2D eigenvalue weighted by molar-refractivity contribution is -0.0369. The first kappa shape index (κ1) is 17.5. The second-order valence-electron chi connectivity index (χ2n) is 6.93. The van der Waals surface area contributed by atoms with E-state index in [4.69, 9.17) is 9.47 Å². The zero-order valence-electron chi connectivity index (χ0n) is 14.8. The van der Waals surface area contributed by atoms with Gasteiger partial charge in [0.05, 0.1) is 0 Å². The number of nitrogens with one attached hydrogen (secondary N) is 1. The Labute approximate surface area is 149 Å². The lowest BCUT2D eigenvalue weighted by atomic mass is 9.83. The smallest absolute Gasteiger partial charge is 0.342 e. The highest BCUT2D eigenvalue weighted by molar-refractivity contribution is 5.92. The summed E-state index contributed by atoms with van der Waals surface area (Å²) in [6, 6.07) is 16.7.